The Morgan fingerprint density at radius 1 is 1.04 bits per heavy atom. The van der Waals surface area contributed by atoms with Crippen molar-refractivity contribution in [2.45, 2.75) is 67.8 Å². The number of carbonyl (C=O) groups is 1. The Morgan fingerprint density at radius 2 is 1.61 bits per heavy atom. The molecular weight excluding hydrogens is 440 g/mol. The molecule has 0 aromatic heterocycles. The minimum absolute atomic E-state index is 0.0819. The molecule has 1 amide bonds. The third-order valence-corrected chi connectivity index (χ3v) is 9.80. The van der Waals surface area contributed by atoms with Gasteiger partial charge in [-0.1, -0.05) is 15.9 Å². The summed E-state index contributed by atoms with van der Waals surface area (Å²) < 4.78 is 28.6. The zero-order valence-electron chi connectivity index (χ0n) is 15.9. The maximum Gasteiger partial charge on any atom is 0.243 e. The molecule has 0 unspecified atom stereocenters. The van der Waals surface area contributed by atoms with E-state index in [0.717, 1.165) is 47.9 Å². The molecule has 5 aliphatic rings. The number of hydrogen-bond acceptors (Lipinski definition) is 3. The fourth-order valence-electron chi connectivity index (χ4n) is 6.64. The number of nitrogens with zero attached hydrogens (tertiary/aromatic N) is 1. The van der Waals surface area contributed by atoms with Crippen LogP contribution in [0, 0.1) is 17.8 Å². The van der Waals surface area contributed by atoms with Gasteiger partial charge < -0.3 is 5.32 Å². The lowest BCUT2D eigenvalue weighted by atomic mass is 9.53. The lowest BCUT2D eigenvalue weighted by Gasteiger charge is -2.57. The molecule has 1 N–H and O–H groups in total. The predicted molar refractivity (Wildman–Crippen MR) is 110 cm³/mol. The molecule has 28 heavy (non-hydrogen) atoms. The maximum atomic E-state index is 13.2. The van der Waals surface area contributed by atoms with Crippen molar-refractivity contribution < 1.29 is 13.2 Å². The van der Waals surface area contributed by atoms with Crippen molar-refractivity contribution in [2.75, 3.05) is 6.54 Å². The summed E-state index contributed by atoms with van der Waals surface area (Å²) in [5.74, 6) is 2.16. The van der Waals surface area contributed by atoms with Crippen LogP contribution >= 0.6 is 15.9 Å². The largest absolute Gasteiger partial charge is 0.349 e. The number of halogens is 1. The van der Waals surface area contributed by atoms with Gasteiger partial charge >= 0.3 is 0 Å². The third-order valence-electron chi connectivity index (χ3n) is 7.35. The van der Waals surface area contributed by atoms with E-state index in [9.17, 15) is 13.2 Å². The van der Waals surface area contributed by atoms with Gasteiger partial charge in [-0.3, -0.25) is 4.79 Å². The van der Waals surface area contributed by atoms with Crippen molar-refractivity contribution in [3.05, 3.63) is 28.7 Å². The molecule has 1 heterocycles. The zero-order valence-corrected chi connectivity index (χ0v) is 18.3. The lowest BCUT2D eigenvalue weighted by Crippen LogP contribution is -2.62. The van der Waals surface area contributed by atoms with Crippen LogP contribution in [0.2, 0.25) is 0 Å². The summed E-state index contributed by atoms with van der Waals surface area (Å²) in [5.41, 5.74) is -0.0819. The Morgan fingerprint density at radius 3 is 2.18 bits per heavy atom. The van der Waals surface area contributed by atoms with Crippen LogP contribution in [0.3, 0.4) is 0 Å². The van der Waals surface area contributed by atoms with Crippen LogP contribution in [-0.4, -0.2) is 36.8 Å². The van der Waals surface area contributed by atoms with Gasteiger partial charge in [-0.25, -0.2) is 8.42 Å². The molecular formula is C21H27BrN2O3S. The van der Waals surface area contributed by atoms with Crippen molar-refractivity contribution in [1.82, 2.24) is 9.62 Å². The molecule has 0 spiro atoms. The molecule has 5 nitrogen and oxygen atoms in total. The molecule has 1 aromatic rings. The first-order valence-electron chi connectivity index (χ1n) is 10.4. The van der Waals surface area contributed by atoms with E-state index >= 15 is 0 Å². The number of benzene rings is 1. The van der Waals surface area contributed by atoms with Gasteiger partial charge in [-0.05, 0) is 93.4 Å². The van der Waals surface area contributed by atoms with E-state index in [1.807, 2.05) is 0 Å². The number of hydrogen-bond donors (Lipinski definition) is 1. The summed E-state index contributed by atoms with van der Waals surface area (Å²) in [5, 5.41) is 3.38. The number of amides is 1. The average Bonchev–Trinajstić information content (AvgIpc) is 3.11. The van der Waals surface area contributed by atoms with Gasteiger partial charge in [0, 0.05) is 16.6 Å². The van der Waals surface area contributed by atoms with Crippen LogP contribution in [0.1, 0.15) is 51.4 Å². The Bertz CT molecular complexity index is 848. The minimum Gasteiger partial charge on any atom is -0.349 e. The van der Waals surface area contributed by atoms with Gasteiger partial charge in [0.05, 0.1) is 4.90 Å². The van der Waals surface area contributed by atoms with E-state index in [1.165, 1.54) is 23.6 Å². The monoisotopic (exact) mass is 466 g/mol. The minimum atomic E-state index is -3.66. The Hall–Kier alpha value is -0.920. The zero-order chi connectivity index (χ0) is 19.5. The summed E-state index contributed by atoms with van der Waals surface area (Å²) in [6.07, 6.45) is 8.54. The molecule has 0 radical (unpaired) electrons. The molecule has 4 aliphatic carbocycles. The van der Waals surface area contributed by atoms with Crippen LogP contribution in [0.15, 0.2) is 33.6 Å². The molecule has 1 atom stereocenters. The Labute approximate surface area is 175 Å². The summed E-state index contributed by atoms with van der Waals surface area (Å²) in [6, 6.07) is 6.08. The van der Waals surface area contributed by atoms with Crippen LogP contribution < -0.4 is 5.32 Å². The molecule has 1 saturated heterocycles. The molecule has 4 saturated carbocycles. The van der Waals surface area contributed by atoms with Crippen molar-refractivity contribution >= 4 is 31.9 Å². The highest BCUT2D eigenvalue weighted by atomic mass is 79.9. The predicted octanol–water partition coefficient (Wildman–Crippen LogP) is 3.69. The molecule has 152 valence electrons. The van der Waals surface area contributed by atoms with Crippen molar-refractivity contribution in [3.8, 4) is 0 Å². The van der Waals surface area contributed by atoms with Crippen molar-refractivity contribution in [2.24, 2.45) is 17.8 Å². The van der Waals surface area contributed by atoms with Gasteiger partial charge in [0.15, 0.2) is 0 Å². The fourth-order valence-corrected chi connectivity index (χ4v) is 8.56. The summed E-state index contributed by atoms with van der Waals surface area (Å²) in [4.78, 5) is 13.5. The van der Waals surface area contributed by atoms with Gasteiger partial charge in [0.2, 0.25) is 15.9 Å². The Balaban J connectivity index is 1.35. The first-order chi connectivity index (χ1) is 13.3. The third kappa shape index (κ3) is 3.23. The van der Waals surface area contributed by atoms with Gasteiger partial charge in [-0.2, -0.15) is 4.31 Å². The van der Waals surface area contributed by atoms with Crippen molar-refractivity contribution in [3.63, 3.8) is 0 Å². The van der Waals surface area contributed by atoms with Gasteiger partial charge in [-0.15, -0.1) is 0 Å². The second-order valence-corrected chi connectivity index (χ2v) is 12.2. The SMILES string of the molecule is O=C(NC12CC3CC(CC(C3)C1)C2)[C@@H]1CCCN1S(=O)(=O)c1ccc(Br)cc1. The summed E-state index contributed by atoms with van der Waals surface area (Å²) in [6.45, 7) is 0.414. The highest BCUT2D eigenvalue weighted by molar-refractivity contribution is 9.10. The molecule has 4 bridgehead atoms. The van der Waals surface area contributed by atoms with E-state index in [-0.39, 0.29) is 16.3 Å². The van der Waals surface area contributed by atoms with Crippen LogP contribution in [0.25, 0.3) is 0 Å². The lowest BCUT2D eigenvalue weighted by molar-refractivity contribution is -0.130. The molecule has 1 aliphatic heterocycles. The fraction of sp³-hybridized carbons (Fsp3) is 0.667. The normalized spacial score (nSPS) is 37.3. The smallest absolute Gasteiger partial charge is 0.243 e. The highest BCUT2D eigenvalue weighted by Crippen LogP contribution is 2.55. The second kappa shape index (κ2) is 6.81. The molecule has 7 heteroatoms. The number of sulfonamides is 1. The van der Waals surface area contributed by atoms with Crippen LogP contribution in [-0.2, 0) is 14.8 Å². The topological polar surface area (TPSA) is 66.5 Å². The van der Waals surface area contributed by atoms with E-state index in [1.54, 1.807) is 24.3 Å². The quantitative estimate of drug-likeness (QED) is 0.735. The number of carbonyl (C=O) groups excluding carboxylic acids is 1. The van der Waals surface area contributed by atoms with Crippen LogP contribution in [0.4, 0.5) is 0 Å². The second-order valence-electron chi connectivity index (χ2n) is 9.41. The maximum absolute atomic E-state index is 13.2. The Kier molecular flexibility index (Phi) is 4.64. The summed E-state index contributed by atoms with van der Waals surface area (Å²) >= 11 is 3.35. The first kappa shape index (κ1) is 19.1. The van der Waals surface area contributed by atoms with Crippen LogP contribution in [0.5, 0.6) is 0 Å². The standard InChI is InChI=1S/C21H27BrN2O3S/c22-17-3-5-18(6-4-17)28(26,27)24-7-1-2-19(24)20(25)23-21-11-14-8-15(12-21)10-16(9-14)13-21/h3-6,14-16,19H,1-2,7-13H2,(H,23,25)/t14?,15?,16?,19-,21?/m0/s1. The number of nitrogens with one attached hydrogen (secondary N) is 1. The highest BCUT2D eigenvalue weighted by Gasteiger charge is 2.52. The van der Waals surface area contributed by atoms with E-state index < -0.39 is 16.1 Å². The first-order valence-corrected chi connectivity index (χ1v) is 12.7. The van der Waals surface area contributed by atoms with Gasteiger partial charge in [0.1, 0.15) is 6.04 Å². The van der Waals surface area contributed by atoms with E-state index in [2.05, 4.69) is 21.2 Å². The molecule has 1 aromatic carbocycles. The molecule has 6 rings (SSSR count). The van der Waals surface area contributed by atoms with Crippen molar-refractivity contribution in [1.29, 1.82) is 0 Å². The summed E-state index contributed by atoms with van der Waals surface area (Å²) in [7, 11) is -3.66. The van der Waals surface area contributed by atoms with E-state index in [4.69, 9.17) is 0 Å². The molecule has 5 fully saturated rings. The number of rotatable bonds is 4. The average molecular weight is 467 g/mol. The van der Waals surface area contributed by atoms with Gasteiger partial charge in [0.25, 0.3) is 0 Å². The van der Waals surface area contributed by atoms with E-state index in [0.29, 0.717) is 13.0 Å².